The van der Waals surface area contributed by atoms with Crippen molar-refractivity contribution in [2.45, 2.75) is 40.2 Å². The average Bonchev–Trinajstić information content (AvgIpc) is 2.35. The topological polar surface area (TPSA) is 41.1 Å². The zero-order valence-corrected chi connectivity index (χ0v) is 12.1. The van der Waals surface area contributed by atoms with Crippen molar-refractivity contribution in [2.24, 2.45) is 5.92 Å². The number of nitrogens with one attached hydrogen (secondary N) is 1. The van der Waals surface area contributed by atoms with E-state index >= 15 is 0 Å². The van der Waals surface area contributed by atoms with Crippen LogP contribution in [0.5, 0.6) is 0 Å². The third-order valence-electron chi connectivity index (χ3n) is 2.78. The van der Waals surface area contributed by atoms with Gasteiger partial charge in [0.2, 0.25) is 0 Å². The number of anilines is 1. The average molecular weight is 250 g/mol. The summed E-state index contributed by atoms with van der Waals surface area (Å²) in [5.41, 5.74) is 1.03. The molecule has 0 fully saturated rings. The molecule has 1 aromatic rings. The summed E-state index contributed by atoms with van der Waals surface area (Å²) in [5, 5.41) is 3.23. The first kappa shape index (κ1) is 14.9. The highest BCUT2D eigenvalue weighted by atomic mass is 15.1. The monoisotopic (exact) mass is 250 g/mol. The minimum absolute atomic E-state index is 0.749. The molecule has 0 aliphatic carbocycles. The lowest BCUT2D eigenvalue weighted by atomic mass is 10.1. The molecule has 0 aliphatic heterocycles. The number of aromatic nitrogens is 2. The predicted molar refractivity (Wildman–Crippen MR) is 76.6 cm³/mol. The Bertz CT molecular complexity index is 321. The van der Waals surface area contributed by atoms with Gasteiger partial charge in [-0.25, -0.2) is 4.98 Å². The van der Waals surface area contributed by atoms with Crippen LogP contribution in [-0.2, 0) is 6.54 Å². The summed E-state index contributed by atoms with van der Waals surface area (Å²) in [6.45, 7) is 9.56. The van der Waals surface area contributed by atoms with E-state index in [1.165, 1.54) is 6.42 Å². The van der Waals surface area contributed by atoms with E-state index in [-0.39, 0.29) is 0 Å². The summed E-state index contributed by atoms with van der Waals surface area (Å²) in [6.07, 6.45) is 6.01. The van der Waals surface area contributed by atoms with Gasteiger partial charge in [-0.05, 0) is 32.4 Å². The van der Waals surface area contributed by atoms with Crippen molar-refractivity contribution in [2.75, 3.05) is 25.5 Å². The van der Waals surface area contributed by atoms with Crippen LogP contribution in [0.3, 0.4) is 0 Å². The van der Waals surface area contributed by atoms with Crippen LogP contribution in [0.25, 0.3) is 0 Å². The standard InChI is InChI=1S/C14H26N4/c1-5-7-15-14-10-16-13(9-17-14)11-18(4)8-6-12(2)3/h9-10,12H,5-8,11H2,1-4H3,(H,15,17). The van der Waals surface area contributed by atoms with E-state index < -0.39 is 0 Å². The largest absolute Gasteiger partial charge is 0.369 e. The number of hydrogen-bond donors (Lipinski definition) is 1. The molecule has 0 bridgehead atoms. The smallest absolute Gasteiger partial charge is 0.144 e. The van der Waals surface area contributed by atoms with E-state index in [2.05, 4.69) is 48.0 Å². The molecule has 0 atom stereocenters. The summed E-state index contributed by atoms with van der Waals surface area (Å²) in [5.74, 6) is 1.62. The van der Waals surface area contributed by atoms with E-state index in [4.69, 9.17) is 0 Å². The zero-order valence-electron chi connectivity index (χ0n) is 12.1. The number of nitrogens with zero attached hydrogens (tertiary/aromatic N) is 3. The highest BCUT2D eigenvalue weighted by Gasteiger charge is 2.03. The van der Waals surface area contributed by atoms with Crippen LogP contribution in [-0.4, -0.2) is 35.0 Å². The lowest BCUT2D eigenvalue weighted by Crippen LogP contribution is -2.21. The van der Waals surface area contributed by atoms with Gasteiger partial charge in [0.05, 0.1) is 18.1 Å². The first-order valence-electron chi connectivity index (χ1n) is 6.85. The first-order valence-corrected chi connectivity index (χ1v) is 6.85. The molecule has 4 nitrogen and oxygen atoms in total. The van der Waals surface area contributed by atoms with Crippen LogP contribution in [0.4, 0.5) is 5.82 Å². The van der Waals surface area contributed by atoms with Crippen LogP contribution in [0.1, 0.15) is 39.3 Å². The predicted octanol–water partition coefficient (Wildman–Crippen LogP) is 2.78. The molecular weight excluding hydrogens is 224 g/mol. The second-order valence-corrected chi connectivity index (χ2v) is 5.24. The molecule has 18 heavy (non-hydrogen) atoms. The third kappa shape index (κ3) is 5.96. The summed E-state index contributed by atoms with van der Waals surface area (Å²) < 4.78 is 0. The highest BCUT2D eigenvalue weighted by molar-refractivity contribution is 5.30. The second kappa shape index (κ2) is 8.03. The Morgan fingerprint density at radius 2 is 2.06 bits per heavy atom. The van der Waals surface area contributed by atoms with Crippen molar-refractivity contribution in [3.05, 3.63) is 18.1 Å². The Kier molecular flexibility index (Phi) is 6.65. The molecule has 4 heteroatoms. The molecule has 0 saturated carbocycles. The molecule has 0 amide bonds. The fourth-order valence-corrected chi connectivity index (χ4v) is 1.61. The molecule has 0 unspecified atom stereocenters. The molecule has 1 aromatic heterocycles. The van der Waals surface area contributed by atoms with Crippen LogP contribution in [0.2, 0.25) is 0 Å². The molecule has 0 radical (unpaired) electrons. The minimum atomic E-state index is 0.749. The van der Waals surface area contributed by atoms with Gasteiger partial charge in [0.1, 0.15) is 5.82 Å². The van der Waals surface area contributed by atoms with Crippen molar-refractivity contribution >= 4 is 5.82 Å². The maximum Gasteiger partial charge on any atom is 0.144 e. The second-order valence-electron chi connectivity index (χ2n) is 5.24. The number of hydrogen-bond acceptors (Lipinski definition) is 4. The highest BCUT2D eigenvalue weighted by Crippen LogP contribution is 2.06. The molecule has 1 N–H and O–H groups in total. The van der Waals surface area contributed by atoms with Crippen LogP contribution in [0.15, 0.2) is 12.4 Å². The van der Waals surface area contributed by atoms with Gasteiger partial charge < -0.3 is 10.2 Å². The van der Waals surface area contributed by atoms with E-state index in [0.717, 1.165) is 43.5 Å². The van der Waals surface area contributed by atoms with Crippen molar-refractivity contribution < 1.29 is 0 Å². The normalized spacial score (nSPS) is 11.2. The Morgan fingerprint density at radius 3 is 2.61 bits per heavy atom. The lowest BCUT2D eigenvalue weighted by Gasteiger charge is -2.17. The fourth-order valence-electron chi connectivity index (χ4n) is 1.61. The molecule has 0 aromatic carbocycles. The molecule has 0 saturated heterocycles. The molecule has 1 heterocycles. The van der Waals surface area contributed by atoms with Gasteiger partial charge in [-0.3, -0.25) is 4.98 Å². The van der Waals surface area contributed by atoms with Gasteiger partial charge >= 0.3 is 0 Å². The summed E-state index contributed by atoms with van der Waals surface area (Å²) in [7, 11) is 2.13. The van der Waals surface area contributed by atoms with Gasteiger partial charge in [0, 0.05) is 13.1 Å². The van der Waals surface area contributed by atoms with Gasteiger partial charge in [-0.1, -0.05) is 20.8 Å². The molecule has 0 aliphatic rings. The van der Waals surface area contributed by atoms with Crippen molar-refractivity contribution in [1.29, 1.82) is 0 Å². The van der Waals surface area contributed by atoms with Crippen LogP contribution >= 0.6 is 0 Å². The Balaban J connectivity index is 2.38. The van der Waals surface area contributed by atoms with Gasteiger partial charge in [-0.2, -0.15) is 0 Å². The van der Waals surface area contributed by atoms with Crippen LogP contribution < -0.4 is 5.32 Å². The number of rotatable bonds is 8. The Hall–Kier alpha value is -1.16. The van der Waals surface area contributed by atoms with Gasteiger partial charge in [0.25, 0.3) is 0 Å². The lowest BCUT2D eigenvalue weighted by molar-refractivity contribution is 0.300. The van der Waals surface area contributed by atoms with Gasteiger partial charge in [-0.15, -0.1) is 0 Å². The Morgan fingerprint density at radius 1 is 1.28 bits per heavy atom. The van der Waals surface area contributed by atoms with E-state index in [1.807, 2.05) is 12.4 Å². The van der Waals surface area contributed by atoms with Crippen molar-refractivity contribution in [1.82, 2.24) is 14.9 Å². The first-order chi connectivity index (χ1) is 8.61. The molecular formula is C14H26N4. The quantitative estimate of drug-likeness (QED) is 0.770. The fraction of sp³-hybridized carbons (Fsp3) is 0.714. The minimum Gasteiger partial charge on any atom is -0.369 e. The van der Waals surface area contributed by atoms with Crippen molar-refractivity contribution in [3.8, 4) is 0 Å². The molecule has 102 valence electrons. The molecule has 1 rings (SSSR count). The summed E-state index contributed by atoms with van der Waals surface area (Å²) in [4.78, 5) is 11.1. The zero-order chi connectivity index (χ0) is 13.4. The van der Waals surface area contributed by atoms with Gasteiger partial charge in [0.15, 0.2) is 0 Å². The third-order valence-corrected chi connectivity index (χ3v) is 2.78. The van der Waals surface area contributed by atoms with Crippen molar-refractivity contribution in [3.63, 3.8) is 0 Å². The van der Waals surface area contributed by atoms with Crippen LogP contribution in [0, 0.1) is 5.92 Å². The Labute approximate surface area is 111 Å². The van der Waals surface area contributed by atoms with E-state index in [1.54, 1.807) is 0 Å². The van der Waals surface area contributed by atoms with E-state index in [0.29, 0.717) is 0 Å². The maximum atomic E-state index is 4.43. The SMILES string of the molecule is CCCNc1cnc(CN(C)CCC(C)C)cn1. The summed E-state index contributed by atoms with van der Waals surface area (Å²) >= 11 is 0. The maximum absolute atomic E-state index is 4.43. The molecule has 0 spiro atoms. The summed E-state index contributed by atoms with van der Waals surface area (Å²) in [6, 6.07) is 0. The van der Waals surface area contributed by atoms with E-state index in [9.17, 15) is 0 Å².